The third kappa shape index (κ3) is 3.03. The van der Waals surface area contributed by atoms with Crippen molar-refractivity contribution in [2.24, 2.45) is 0 Å². The number of ether oxygens (including phenoxy) is 1. The molecule has 2 heterocycles. The minimum Gasteiger partial charge on any atom is -0.485 e. The number of carbonyl (C=O) groups is 2. The van der Waals surface area contributed by atoms with Gasteiger partial charge in [-0.2, -0.15) is 0 Å². The molecular weight excluding hydrogens is 359 g/mol. The van der Waals surface area contributed by atoms with E-state index >= 15 is 4.39 Å². The van der Waals surface area contributed by atoms with Gasteiger partial charge in [0.05, 0.1) is 12.1 Å². The molecule has 2 bridgehead atoms. The molecule has 1 N–H and O–H groups in total. The molecule has 2 aliphatic rings. The standard InChI is InChI=1S/C22H23FN2O3/c1-12-8-17-11-25(12)22(27)18-10-16(13(2)19(23)20(18)28-17)9-14-4-6-15(7-5-14)21(26)24-3/h4-7,10,12,17H,8-9,11H2,1-3H3,(H,24,26)/t12-,17-/m0/s1. The van der Waals surface area contributed by atoms with Crippen molar-refractivity contribution in [2.75, 3.05) is 13.6 Å². The summed E-state index contributed by atoms with van der Waals surface area (Å²) in [5, 5.41) is 2.58. The molecule has 2 aromatic rings. The summed E-state index contributed by atoms with van der Waals surface area (Å²) in [7, 11) is 1.58. The van der Waals surface area contributed by atoms with Crippen LogP contribution in [0.25, 0.3) is 0 Å². The summed E-state index contributed by atoms with van der Waals surface area (Å²) in [4.78, 5) is 26.4. The number of rotatable bonds is 3. The summed E-state index contributed by atoms with van der Waals surface area (Å²) in [5.74, 6) is -0.692. The molecule has 146 valence electrons. The van der Waals surface area contributed by atoms with Crippen molar-refractivity contribution < 1.29 is 18.7 Å². The lowest BCUT2D eigenvalue weighted by Crippen LogP contribution is -2.33. The number of hydrogen-bond donors (Lipinski definition) is 1. The van der Waals surface area contributed by atoms with Crippen LogP contribution in [0.3, 0.4) is 0 Å². The SMILES string of the molecule is CNC(=O)c1ccc(Cc2cc3c(c(F)c2C)O[C@H]2C[C@H](C)N(C2)C3=O)cc1. The van der Waals surface area contributed by atoms with Crippen LogP contribution < -0.4 is 10.1 Å². The van der Waals surface area contributed by atoms with E-state index in [2.05, 4.69) is 5.32 Å². The Morgan fingerprint density at radius 2 is 2.04 bits per heavy atom. The fraction of sp³-hybridized carbons (Fsp3) is 0.364. The quantitative estimate of drug-likeness (QED) is 0.888. The highest BCUT2D eigenvalue weighted by atomic mass is 19.1. The molecule has 4 rings (SSSR count). The predicted molar refractivity (Wildman–Crippen MR) is 103 cm³/mol. The van der Waals surface area contributed by atoms with Gasteiger partial charge in [0, 0.05) is 25.1 Å². The maximum atomic E-state index is 15.1. The maximum absolute atomic E-state index is 15.1. The molecule has 0 radical (unpaired) electrons. The highest BCUT2D eigenvalue weighted by Crippen LogP contribution is 2.37. The number of hydrogen-bond acceptors (Lipinski definition) is 3. The molecule has 2 atom stereocenters. The van der Waals surface area contributed by atoms with Crippen LogP contribution in [0.15, 0.2) is 30.3 Å². The highest BCUT2D eigenvalue weighted by Gasteiger charge is 2.40. The Morgan fingerprint density at radius 1 is 1.32 bits per heavy atom. The number of nitrogens with zero attached hydrogens (tertiary/aromatic N) is 1. The lowest BCUT2D eigenvalue weighted by molar-refractivity contribution is 0.0748. The molecule has 0 saturated carbocycles. The Hall–Kier alpha value is -2.89. The number of amides is 2. The van der Waals surface area contributed by atoms with E-state index in [1.807, 2.05) is 19.1 Å². The normalized spacial score (nSPS) is 20.4. The monoisotopic (exact) mass is 382 g/mol. The van der Waals surface area contributed by atoms with Crippen LogP contribution in [-0.2, 0) is 6.42 Å². The van der Waals surface area contributed by atoms with Crippen molar-refractivity contribution in [3.8, 4) is 5.75 Å². The third-order valence-corrected chi connectivity index (χ3v) is 5.72. The number of fused-ring (bicyclic) bond motifs is 3. The Balaban J connectivity index is 1.69. The average Bonchev–Trinajstić information content (AvgIpc) is 3.00. The topological polar surface area (TPSA) is 58.6 Å². The molecule has 0 aromatic heterocycles. The predicted octanol–water partition coefficient (Wildman–Crippen LogP) is 3.08. The molecule has 2 aromatic carbocycles. The van der Waals surface area contributed by atoms with E-state index in [4.69, 9.17) is 4.74 Å². The van der Waals surface area contributed by atoms with E-state index in [1.165, 1.54) is 0 Å². The number of carbonyl (C=O) groups excluding carboxylic acids is 2. The maximum Gasteiger partial charge on any atom is 0.258 e. The fourth-order valence-corrected chi connectivity index (χ4v) is 4.04. The second kappa shape index (κ2) is 6.93. The second-order valence-corrected chi connectivity index (χ2v) is 7.59. The Morgan fingerprint density at radius 3 is 2.71 bits per heavy atom. The summed E-state index contributed by atoms with van der Waals surface area (Å²) in [6.45, 7) is 4.21. The summed E-state index contributed by atoms with van der Waals surface area (Å²) in [5.41, 5.74) is 3.04. The van der Waals surface area contributed by atoms with Gasteiger partial charge in [-0.25, -0.2) is 4.39 Å². The molecule has 0 unspecified atom stereocenters. The zero-order valence-electron chi connectivity index (χ0n) is 16.2. The van der Waals surface area contributed by atoms with Gasteiger partial charge < -0.3 is 15.0 Å². The summed E-state index contributed by atoms with van der Waals surface area (Å²) in [6.07, 6.45) is 1.04. The van der Waals surface area contributed by atoms with Gasteiger partial charge in [-0.05, 0) is 55.2 Å². The van der Waals surface area contributed by atoms with Crippen molar-refractivity contribution in [1.29, 1.82) is 0 Å². The number of benzene rings is 2. The van der Waals surface area contributed by atoms with Crippen molar-refractivity contribution in [2.45, 2.75) is 38.8 Å². The van der Waals surface area contributed by atoms with Crippen molar-refractivity contribution >= 4 is 11.8 Å². The van der Waals surface area contributed by atoms with E-state index in [1.54, 1.807) is 37.1 Å². The molecule has 2 amide bonds. The van der Waals surface area contributed by atoms with Gasteiger partial charge in [-0.3, -0.25) is 9.59 Å². The molecule has 6 heteroatoms. The molecule has 1 fully saturated rings. The van der Waals surface area contributed by atoms with Crippen LogP contribution in [0.4, 0.5) is 4.39 Å². The molecule has 2 aliphatic heterocycles. The number of nitrogens with one attached hydrogen (secondary N) is 1. The lowest BCUT2D eigenvalue weighted by atomic mass is 9.95. The fourth-order valence-electron chi connectivity index (χ4n) is 4.04. The highest BCUT2D eigenvalue weighted by molar-refractivity contribution is 5.98. The van der Waals surface area contributed by atoms with Crippen LogP contribution in [-0.4, -0.2) is 42.5 Å². The molecule has 0 spiro atoms. The van der Waals surface area contributed by atoms with E-state index in [-0.39, 0.29) is 29.7 Å². The largest absolute Gasteiger partial charge is 0.485 e. The van der Waals surface area contributed by atoms with Gasteiger partial charge in [-0.1, -0.05) is 12.1 Å². The molecule has 1 saturated heterocycles. The van der Waals surface area contributed by atoms with Crippen LogP contribution in [0.2, 0.25) is 0 Å². The average molecular weight is 382 g/mol. The van der Waals surface area contributed by atoms with Gasteiger partial charge in [0.25, 0.3) is 11.8 Å². The van der Waals surface area contributed by atoms with E-state index < -0.39 is 5.82 Å². The van der Waals surface area contributed by atoms with Gasteiger partial charge in [0.15, 0.2) is 11.6 Å². The second-order valence-electron chi connectivity index (χ2n) is 7.59. The van der Waals surface area contributed by atoms with E-state index in [0.29, 0.717) is 29.7 Å². The minimum atomic E-state index is -0.454. The first-order chi connectivity index (χ1) is 13.4. The van der Waals surface area contributed by atoms with Crippen molar-refractivity contribution in [3.63, 3.8) is 0 Å². The van der Waals surface area contributed by atoms with E-state index in [9.17, 15) is 9.59 Å². The van der Waals surface area contributed by atoms with Gasteiger partial charge >= 0.3 is 0 Å². The smallest absolute Gasteiger partial charge is 0.258 e. The minimum absolute atomic E-state index is 0.0839. The summed E-state index contributed by atoms with van der Waals surface area (Å²) < 4.78 is 21.0. The first kappa shape index (κ1) is 18.5. The van der Waals surface area contributed by atoms with Crippen molar-refractivity contribution in [3.05, 3.63) is 64.0 Å². The zero-order chi connectivity index (χ0) is 20.0. The Bertz CT molecular complexity index is 955. The molecule has 5 nitrogen and oxygen atoms in total. The van der Waals surface area contributed by atoms with E-state index in [0.717, 1.165) is 17.5 Å². The van der Waals surface area contributed by atoms with Crippen LogP contribution in [0.1, 0.15) is 50.8 Å². The van der Waals surface area contributed by atoms with Gasteiger partial charge in [-0.15, -0.1) is 0 Å². The number of halogens is 1. The Kier molecular flexibility index (Phi) is 4.57. The van der Waals surface area contributed by atoms with Crippen LogP contribution in [0.5, 0.6) is 5.75 Å². The summed E-state index contributed by atoms with van der Waals surface area (Å²) >= 11 is 0. The third-order valence-electron chi connectivity index (χ3n) is 5.72. The lowest BCUT2D eigenvalue weighted by Gasteiger charge is -2.23. The summed E-state index contributed by atoms with van der Waals surface area (Å²) in [6, 6.07) is 9.03. The molecular formula is C22H23FN2O3. The van der Waals surface area contributed by atoms with Crippen LogP contribution >= 0.6 is 0 Å². The molecule has 0 aliphatic carbocycles. The van der Waals surface area contributed by atoms with Gasteiger partial charge in [0.2, 0.25) is 0 Å². The first-order valence-corrected chi connectivity index (χ1v) is 9.49. The Labute approximate surface area is 163 Å². The zero-order valence-corrected chi connectivity index (χ0v) is 16.2. The first-order valence-electron chi connectivity index (χ1n) is 9.49. The molecule has 28 heavy (non-hydrogen) atoms. The van der Waals surface area contributed by atoms with Gasteiger partial charge in [0.1, 0.15) is 6.10 Å². The van der Waals surface area contributed by atoms with Crippen molar-refractivity contribution in [1.82, 2.24) is 10.2 Å². The van der Waals surface area contributed by atoms with Crippen LogP contribution in [0, 0.1) is 12.7 Å².